The fraction of sp³-hybridized carbons (Fsp3) is 0.556. The highest BCUT2D eigenvalue weighted by Crippen LogP contribution is 2.28. The molecule has 0 aromatic heterocycles. The first kappa shape index (κ1) is 19.0. The number of rotatable bonds is 5. The van der Waals surface area contributed by atoms with Gasteiger partial charge in [-0.15, -0.1) is 0 Å². The van der Waals surface area contributed by atoms with Gasteiger partial charge in [0, 0.05) is 0 Å². The van der Waals surface area contributed by atoms with Gasteiger partial charge in [0.15, 0.2) is 0 Å². The molecule has 0 amide bonds. The van der Waals surface area contributed by atoms with E-state index in [9.17, 15) is 9.59 Å². The highest BCUT2D eigenvalue weighted by molar-refractivity contribution is 5.84. The molecule has 0 aliphatic heterocycles. The summed E-state index contributed by atoms with van der Waals surface area (Å²) in [5.41, 5.74) is -0.483. The molecule has 128 valence electrons. The van der Waals surface area contributed by atoms with Crippen molar-refractivity contribution in [3.63, 3.8) is 0 Å². The maximum atomic E-state index is 12.4. The molecule has 1 rings (SSSR count). The second-order valence-electron chi connectivity index (χ2n) is 7.47. The van der Waals surface area contributed by atoms with Gasteiger partial charge in [-0.25, -0.2) is 0 Å². The van der Waals surface area contributed by atoms with E-state index in [1.165, 1.54) is 0 Å². The minimum absolute atomic E-state index is 0.326. The SMILES string of the molecule is CC(C)(C)OC(=O)C(CC(=O)O)c1cccc(OC(C)(C)C)c1. The molecule has 23 heavy (non-hydrogen) atoms. The van der Waals surface area contributed by atoms with Crippen molar-refractivity contribution in [2.24, 2.45) is 0 Å². The van der Waals surface area contributed by atoms with Crippen LogP contribution in [-0.2, 0) is 14.3 Å². The summed E-state index contributed by atoms with van der Waals surface area (Å²) in [6.07, 6.45) is -0.326. The summed E-state index contributed by atoms with van der Waals surface area (Å²) < 4.78 is 11.1. The van der Waals surface area contributed by atoms with Gasteiger partial charge in [0.05, 0.1) is 12.3 Å². The number of benzene rings is 1. The van der Waals surface area contributed by atoms with Gasteiger partial charge < -0.3 is 14.6 Å². The molecule has 1 atom stereocenters. The third kappa shape index (κ3) is 7.17. The summed E-state index contributed by atoms with van der Waals surface area (Å²) in [4.78, 5) is 23.5. The van der Waals surface area contributed by atoms with Gasteiger partial charge >= 0.3 is 11.9 Å². The van der Waals surface area contributed by atoms with Gasteiger partial charge in [0.25, 0.3) is 0 Å². The molecule has 5 heteroatoms. The fourth-order valence-corrected chi connectivity index (χ4v) is 2.03. The van der Waals surface area contributed by atoms with Crippen molar-refractivity contribution in [3.05, 3.63) is 29.8 Å². The largest absolute Gasteiger partial charge is 0.488 e. The lowest BCUT2D eigenvalue weighted by Crippen LogP contribution is -2.29. The molecule has 0 radical (unpaired) electrons. The Morgan fingerprint density at radius 1 is 1.09 bits per heavy atom. The van der Waals surface area contributed by atoms with Crippen LogP contribution in [0.25, 0.3) is 0 Å². The Hall–Kier alpha value is -2.04. The second kappa shape index (κ2) is 7.02. The number of carboxylic acid groups (broad SMARTS) is 1. The average Bonchev–Trinajstić information content (AvgIpc) is 2.31. The molecule has 0 aliphatic rings. The Bertz CT molecular complexity index is 564. The first-order valence-corrected chi connectivity index (χ1v) is 7.61. The summed E-state index contributed by atoms with van der Waals surface area (Å²) >= 11 is 0. The minimum atomic E-state index is -1.05. The van der Waals surface area contributed by atoms with Crippen LogP contribution in [0.4, 0.5) is 0 Å². The van der Waals surface area contributed by atoms with Crippen molar-refractivity contribution < 1.29 is 24.2 Å². The number of aliphatic carboxylic acids is 1. The number of ether oxygens (including phenoxy) is 2. The molecule has 1 aromatic rings. The molecule has 1 aromatic carbocycles. The van der Waals surface area contributed by atoms with Crippen LogP contribution in [0.2, 0.25) is 0 Å². The van der Waals surface area contributed by atoms with Crippen molar-refractivity contribution in [2.75, 3.05) is 0 Å². The molecule has 1 N–H and O–H groups in total. The lowest BCUT2D eigenvalue weighted by molar-refractivity contribution is -0.159. The van der Waals surface area contributed by atoms with E-state index < -0.39 is 23.5 Å². The van der Waals surface area contributed by atoms with Crippen LogP contribution in [0.3, 0.4) is 0 Å². The fourth-order valence-electron chi connectivity index (χ4n) is 2.03. The van der Waals surface area contributed by atoms with Crippen LogP contribution in [0.5, 0.6) is 5.75 Å². The lowest BCUT2D eigenvalue weighted by atomic mass is 9.95. The highest BCUT2D eigenvalue weighted by Gasteiger charge is 2.29. The molecule has 5 nitrogen and oxygen atoms in total. The number of carbonyl (C=O) groups is 2. The molecule has 0 aliphatic carbocycles. The quantitative estimate of drug-likeness (QED) is 0.836. The lowest BCUT2D eigenvalue weighted by Gasteiger charge is -2.25. The van der Waals surface area contributed by atoms with Crippen LogP contribution in [-0.4, -0.2) is 28.2 Å². The van der Waals surface area contributed by atoms with Gasteiger partial charge in [-0.1, -0.05) is 12.1 Å². The summed E-state index contributed by atoms with van der Waals surface area (Å²) in [5, 5.41) is 9.11. The number of esters is 1. The summed E-state index contributed by atoms with van der Waals surface area (Å²) in [6.45, 7) is 11.0. The second-order valence-corrected chi connectivity index (χ2v) is 7.47. The van der Waals surface area contributed by atoms with Crippen molar-refractivity contribution in [1.29, 1.82) is 0 Å². The summed E-state index contributed by atoms with van der Waals surface area (Å²) in [5.74, 6) is -1.87. The molecular formula is C18H26O5. The zero-order valence-corrected chi connectivity index (χ0v) is 14.7. The number of hydrogen-bond acceptors (Lipinski definition) is 4. The van der Waals surface area contributed by atoms with Crippen LogP contribution < -0.4 is 4.74 Å². The third-order valence-electron chi connectivity index (χ3n) is 2.75. The molecule has 0 bridgehead atoms. The third-order valence-corrected chi connectivity index (χ3v) is 2.75. The molecule has 0 saturated carbocycles. The monoisotopic (exact) mass is 322 g/mol. The Labute approximate surface area is 137 Å². The van der Waals surface area contributed by atoms with E-state index in [4.69, 9.17) is 14.6 Å². The smallest absolute Gasteiger partial charge is 0.314 e. The standard InChI is InChI=1S/C18H26O5/c1-17(2,3)22-13-9-7-8-12(10-13)14(11-15(19)20)16(21)23-18(4,5)6/h7-10,14H,11H2,1-6H3,(H,19,20). The number of carboxylic acids is 1. The van der Waals surface area contributed by atoms with Crippen molar-refractivity contribution in [1.82, 2.24) is 0 Å². The van der Waals surface area contributed by atoms with E-state index in [1.54, 1.807) is 45.0 Å². The summed E-state index contributed by atoms with van der Waals surface area (Å²) in [6, 6.07) is 6.94. The van der Waals surface area contributed by atoms with Gasteiger partial charge in [-0.05, 0) is 59.2 Å². The van der Waals surface area contributed by atoms with E-state index in [-0.39, 0.29) is 12.0 Å². The maximum Gasteiger partial charge on any atom is 0.314 e. The maximum absolute atomic E-state index is 12.4. The Kier molecular flexibility index (Phi) is 5.81. The number of hydrogen-bond donors (Lipinski definition) is 1. The Morgan fingerprint density at radius 2 is 1.70 bits per heavy atom. The van der Waals surface area contributed by atoms with E-state index in [1.807, 2.05) is 20.8 Å². The topological polar surface area (TPSA) is 72.8 Å². The predicted molar refractivity (Wildman–Crippen MR) is 87.7 cm³/mol. The van der Waals surface area contributed by atoms with Gasteiger partial charge in [-0.2, -0.15) is 0 Å². The van der Waals surface area contributed by atoms with Crippen LogP contribution in [0.15, 0.2) is 24.3 Å². The minimum Gasteiger partial charge on any atom is -0.488 e. The predicted octanol–water partition coefficient (Wildman–Crippen LogP) is 3.76. The average molecular weight is 322 g/mol. The van der Waals surface area contributed by atoms with E-state index in [2.05, 4.69) is 0 Å². The van der Waals surface area contributed by atoms with Crippen LogP contribution in [0, 0.1) is 0 Å². The molecule has 1 unspecified atom stereocenters. The zero-order valence-electron chi connectivity index (χ0n) is 14.7. The highest BCUT2D eigenvalue weighted by atomic mass is 16.6. The summed E-state index contributed by atoms with van der Waals surface area (Å²) in [7, 11) is 0. The zero-order chi connectivity index (χ0) is 17.8. The Balaban J connectivity index is 3.10. The van der Waals surface area contributed by atoms with Crippen LogP contribution >= 0.6 is 0 Å². The first-order chi connectivity index (χ1) is 10.4. The molecular weight excluding hydrogens is 296 g/mol. The molecule has 0 saturated heterocycles. The van der Waals surface area contributed by atoms with Gasteiger partial charge in [-0.3, -0.25) is 9.59 Å². The van der Waals surface area contributed by atoms with E-state index >= 15 is 0 Å². The van der Waals surface area contributed by atoms with E-state index in [0.29, 0.717) is 11.3 Å². The van der Waals surface area contributed by atoms with Crippen molar-refractivity contribution in [2.45, 2.75) is 65.1 Å². The van der Waals surface area contributed by atoms with Gasteiger partial charge in [0.1, 0.15) is 17.0 Å². The van der Waals surface area contributed by atoms with Crippen molar-refractivity contribution in [3.8, 4) is 5.75 Å². The van der Waals surface area contributed by atoms with E-state index in [0.717, 1.165) is 0 Å². The first-order valence-electron chi connectivity index (χ1n) is 7.61. The molecule has 0 heterocycles. The van der Waals surface area contributed by atoms with Crippen molar-refractivity contribution >= 4 is 11.9 Å². The Morgan fingerprint density at radius 3 is 2.17 bits per heavy atom. The number of carbonyl (C=O) groups excluding carboxylic acids is 1. The van der Waals surface area contributed by atoms with Gasteiger partial charge in [0.2, 0.25) is 0 Å². The van der Waals surface area contributed by atoms with Crippen LogP contribution in [0.1, 0.15) is 59.4 Å². The normalized spacial score (nSPS) is 13.3. The molecule has 0 fully saturated rings. The molecule has 0 spiro atoms.